The Kier molecular flexibility index (Phi) is 4.76. The number of ether oxygens (including phenoxy) is 2. The van der Waals surface area contributed by atoms with Gasteiger partial charge in [-0.15, -0.1) is 0 Å². The van der Waals surface area contributed by atoms with E-state index in [4.69, 9.17) is 18.4 Å². The van der Waals surface area contributed by atoms with Gasteiger partial charge < -0.3 is 14.8 Å². The van der Waals surface area contributed by atoms with E-state index in [1.807, 2.05) is 0 Å². The number of alkyl halides is 3. The molecule has 3 aromatic heterocycles. The van der Waals surface area contributed by atoms with Gasteiger partial charge in [0, 0.05) is 36.8 Å². The Balaban J connectivity index is 1.26. The molecule has 1 amide bonds. The number of hydrogen-bond acceptors (Lipinski definition) is 8. The van der Waals surface area contributed by atoms with Crippen LogP contribution in [-0.4, -0.2) is 53.8 Å². The maximum absolute atomic E-state index is 15.2. The third kappa shape index (κ3) is 5.46. The number of rotatable bonds is 7. The van der Waals surface area contributed by atoms with E-state index in [2.05, 4.69) is 25.0 Å². The molecule has 0 spiro atoms. The molecule has 1 aromatic carbocycles. The lowest BCUT2D eigenvalue weighted by molar-refractivity contribution is 0.0949. The van der Waals surface area contributed by atoms with E-state index in [9.17, 15) is 22.0 Å². The Morgan fingerprint density at radius 1 is 1.26 bits per heavy atom. The van der Waals surface area contributed by atoms with Gasteiger partial charge in [-0.25, -0.2) is 35.9 Å². The summed E-state index contributed by atoms with van der Waals surface area (Å²) in [5.41, 5.74) is -5.23. The molecule has 4 aromatic rings. The predicted octanol–water partition coefficient (Wildman–Crippen LogP) is 5.13. The molecule has 0 saturated heterocycles. The molecule has 4 heterocycles. The fraction of sp³-hybridized carbons (Fsp3) is 0.310. The van der Waals surface area contributed by atoms with Gasteiger partial charge in [0.2, 0.25) is 15.3 Å². The highest BCUT2D eigenvalue weighted by Crippen LogP contribution is 2.57. The van der Waals surface area contributed by atoms with Crippen molar-refractivity contribution in [2.75, 3.05) is 13.1 Å². The van der Waals surface area contributed by atoms with Crippen LogP contribution in [0.3, 0.4) is 0 Å². The Labute approximate surface area is 257 Å². The summed E-state index contributed by atoms with van der Waals surface area (Å²) in [4.78, 5) is 24.4. The largest absolute Gasteiger partial charge is 0.492 e. The number of hydrogen-bond donors (Lipinski definition) is 1. The van der Waals surface area contributed by atoms with Crippen LogP contribution in [0.2, 0.25) is 0 Å². The Bertz CT molecular complexity index is 2300. The minimum atomic E-state index is -5.83. The molecule has 0 radical (unpaired) electrons. The second-order valence-corrected chi connectivity index (χ2v) is 11.2. The summed E-state index contributed by atoms with van der Waals surface area (Å²) < 4.78 is 170. The van der Waals surface area contributed by atoms with Crippen molar-refractivity contribution in [2.45, 2.75) is 48.4 Å². The summed E-state index contributed by atoms with van der Waals surface area (Å²) in [6.07, 6.45) is -3.42. The van der Waals surface area contributed by atoms with Gasteiger partial charge in [0.15, 0.2) is 11.6 Å². The molecule has 0 bridgehead atoms. The average molecular weight is 627 g/mol. The number of amides is 1. The number of fused-ring (bicyclic) bond motifs is 2. The van der Waals surface area contributed by atoms with Crippen molar-refractivity contribution < 1.29 is 54.0 Å². The van der Waals surface area contributed by atoms with E-state index < -0.39 is 100 Å². The number of halogens is 4. The minimum absolute atomic E-state index is 0.0494. The van der Waals surface area contributed by atoms with Crippen molar-refractivity contribution >= 4 is 26.6 Å². The second-order valence-electron chi connectivity index (χ2n) is 9.44. The fourth-order valence-corrected chi connectivity index (χ4v) is 5.39. The first kappa shape index (κ1) is 19.1. The summed E-state index contributed by atoms with van der Waals surface area (Å²) in [5, 5.41) is 2.80. The smallest absolute Gasteiger partial charge is 0.257 e. The zero-order valence-electron chi connectivity index (χ0n) is 31.4. The number of benzene rings is 1. The predicted molar refractivity (Wildman–Crippen MR) is 146 cm³/mol. The topological polar surface area (TPSA) is 120 Å². The van der Waals surface area contributed by atoms with Gasteiger partial charge in [-0.05, 0) is 49.3 Å². The number of carbonyl (C=O) groups is 1. The van der Waals surface area contributed by atoms with Crippen LogP contribution in [0.5, 0.6) is 11.5 Å². The summed E-state index contributed by atoms with van der Waals surface area (Å²) in [7, 11) is -5.83. The lowest BCUT2D eigenvalue weighted by Crippen LogP contribution is -2.24. The molecule has 1 unspecified atom stereocenters. The highest BCUT2D eigenvalue weighted by Gasteiger charge is 2.59. The number of sulfone groups is 1. The summed E-state index contributed by atoms with van der Waals surface area (Å²) in [6.45, 7) is -10.7. The third-order valence-electron chi connectivity index (χ3n) is 6.63. The monoisotopic (exact) mass is 626 g/mol. The van der Waals surface area contributed by atoms with Crippen molar-refractivity contribution in [2.24, 2.45) is 0 Å². The van der Waals surface area contributed by atoms with Crippen LogP contribution < -0.4 is 14.8 Å². The lowest BCUT2D eigenvalue weighted by Gasteiger charge is -2.12. The van der Waals surface area contributed by atoms with Gasteiger partial charge in [0.1, 0.15) is 10.6 Å². The van der Waals surface area contributed by atoms with Gasteiger partial charge in [-0.2, -0.15) is 0 Å². The second kappa shape index (κ2) is 10.7. The first-order valence-electron chi connectivity index (χ1n) is 17.3. The first-order chi connectivity index (χ1) is 24.2. The molecule has 9 nitrogen and oxygen atoms in total. The van der Waals surface area contributed by atoms with E-state index >= 15 is 8.78 Å². The van der Waals surface area contributed by atoms with Crippen molar-refractivity contribution in [1.82, 2.24) is 20.3 Å². The number of aromatic nitrogens is 3. The van der Waals surface area contributed by atoms with Crippen LogP contribution in [0.25, 0.3) is 22.3 Å². The van der Waals surface area contributed by atoms with Crippen LogP contribution in [0.1, 0.15) is 61.0 Å². The van der Waals surface area contributed by atoms with E-state index in [1.54, 1.807) is 6.07 Å². The summed E-state index contributed by atoms with van der Waals surface area (Å²) in [5.74, 6) is -9.36. The standard InChI is InChI=1S/C29H24F4N4O5S/c1-2-41-23-6-5-21(37-26(23)18-12-29(18,32)33)20-4-3-15-13-34-17(11-22(15)36-20)14-35-28(38)16-9-19(30)27-24(10-16)43(39,40)25(31)7-8-42-27/h3-6,9-11,13,18,25H,2,7-8,12,14H2,1H3,(H,35,38)/t18?,25-/m1/s1/i1D3,2D2,7D2,8D2,25D. The van der Waals surface area contributed by atoms with Crippen LogP contribution in [0.15, 0.2) is 53.6 Å². The van der Waals surface area contributed by atoms with E-state index in [0.717, 1.165) is 6.07 Å². The number of pyridine rings is 3. The number of nitrogens with one attached hydrogen (secondary N) is 1. The lowest BCUT2D eigenvalue weighted by atomic mass is 10.1. The van der Waals surface area contributed by atoms with Gasteiger partial charge >= 0.3 is 0 Å². The van der Waals surface area contributed by atoms with Gasteiger partial charge in [-0.3, -0.25) is 9.78 Å². The quantitative estimate of drug-likeness (QED) is 0.280. The first-order valence-corrected chi connectivity index (χ1v) is 13.8. The summed E-state index contributed by atoms with van der Waals surface area (Å²) in [6, 6.07) is 7.68. The third-order valence-corrected chi connectivity index (χ3v) is 8.08. The molecule has 1 aliphatic carbocycles. The molecule has 2 aliphatic rings. The molecule has 1 N–H and O–H groups in total. The zero-order valence-corrected chi connectivity index (χ0v) is 22.2. The summed E-state index contributed by atoms with van der Waals surface area (Å²) >= 11 is 0. The number of nitrogens with zero attached hydrogens (tertiary/aromatic N) is 3. The van der Waals surface area contributed by atoms with Crippen LogP contribution in [0, 0.1) is 5.82 Å². The molecule has 1 fully saturated rings. The van der Waals surface area contributed by atoms with Crippen molar-refractivity contribution in [3.63, 3.8) is 0 Å². The van der Waals surface area contributed by atoms with E-state index in [1.165, 1.54) is 24.4 Å². The van der Waals surface area contributed by atoms with Crippen LogP contribution >= 0.6 is 0 Å². The molecular weight excluding hydrogens is 592 g/mol. The van der Waals surface area contributed by atoms with Gasteiger partial charge in [0.05, 0.1) is 60.7 Å². The molecule has 43 heavy (non-hydrogen) atoms. The highest BCUT2D eigenvalue weighted by atomic mass is 32.2. The molecule has 6 rings (SSSR count). The van der Waals surface area contributed by atoms with Crippen molar-refractivity contribution in [3.05, 3.63) is 71.4 Å². The number of carbonyl (C=O) groups excluding carboxylic acids is 1. The van der Waals surface area contributed by atoms with Crippen molar-refractivity contribution in [3.8, 4) is 22.9 Å². The molecule has 1 aliphatic heterocycles. The molecular formula is C29H24F4N4O5S. The molecule has 14 heteroatoms. The minimum Gasteiger partial charge on any atom is -0.492 e. The van der Waals surface area contributed by atoms with E-state index in [-0.39, 0.29) is 28.3 Å². The Hall–Kier alpha value is -4.33. The van der Waals surface area contributed by atoms with Crippen LogP contribution in [0.4, 0.5) is 17.6 Å². The Morgan fingerprint density at radius 3 is 2.79 bits per heavy atom. The molecule has 1 saturated carbocycles. The highest BCUT2D eigenvalue weighted by molar-refractivity contribution is 7.92. The maximum atomic E-state index is 15.2. The average Bonchev–Trinajstić information content (AvgIpc) is 3.70. The molecule has 2 atom stereocenters. The normalized spacial score (nSPS) is 28.1. The van der Waals surface area contributed by atoms with E-state index in [0.29, 0.717) is 17.5 Å². The fourth-order valence-electron chi connectivity index (χ4n) is 4.35. The van der Waals surface area contributed by atoms with Gasteiger partial charge in [-0.1, -0.05) is 0 Å². The maximum Gasteiger partial charge on any atom is 0.257 e. The molecule has 224 valence electrons. The van der Waals surface area contributed by atoms with Crippen LogP contribution in [-0.2, 0) is 16.4 Å². The Morgan fingerprint density at radius 2 is 2.02 bits per heavy atom. The van der Waals surface area contributed by atoms with Crippen molar-refractivity contribution in [1.29, 1.82) is 0 Å². The van der Waals surface area contributed by atoms with Gasteiger partial charge in [0.25, 0.3) is 11.8 Å². The SMILES string of the molecule is [2H]C([2H])([2H])C([2H])([2H])Oc1ccc(-c2ccc3cnc(CNC(=O)c4cc(F)c5c(c4)S(=O)(=O)[C@@]([2H])(F)C([2H])([2H])C([2H])([2H])O5)cc3n2)nc1C1CC1(F)F. The zero-order chi connectivity index (χ0) is 39.3.